The Morgan fingerprint density at radius 3 is 2.43 bits per heavy atom. The van der Waals surface area contributed by atoms with Crippen LogP contribution < -0.4 is 10.6 Å². The topological polar surface area (TPSA) is 98.7 Å². The number of rotatable bonds is 6. The number of aromatic hydroxyl groups is 1. The number of aliphatic carboxylic acids is 1. The Hall–Kier alpha value is -2.24. The summed E-state index contributed by atoms with van der Waals surface area (Å²) < 4.78 is 0. The summed E-state index contributed by atoms with van der Waals surface area (Å²) in [5.41, 5.74) is 0.905. The van der Waals surface area contributed by atoms with E-state index in [9.17, 15) is 19.8 Å². The average Bonchev–Trinajstić information content (AvgIpc) is 3.17. The van der Waals surface area contributed by atoms with Crippen LogP contribution in [0.3, 0.4) is 0 Å². The Morgan fingerprint density at radius 2 is 1.90 bits per heavy atom. The molecule has 0 saturated heterocycles. The summed E-state index contributed by atoms with van der Waals surface area (Å²) in [5, 5.41) is 23.6. The van der Waals surface area contributed by atoms with Gasteiger partial charge in [-0.1, -0.05) is 19.1 Å². The number of urea groups is 1. The van der Waals surface area contributed by atoms with Gasteiger partial charge in [-0.3, -0.25) is 0 Å². The van der Waals surface area contributed by atoms with E-state index in [0.29, 0.717) is 6.54 Å². The quantitative estimate of drug-likeness (QED) is 0.638. The van der Waals surface area contributed by atoms with Crippen LogP contribution in [0.15, 0.2) is 24.3 Å². The maximum absolute atomic E-state index is 11.8. The van der Waals surface area contributed by atoms with E-state index in [2.05, 4.69) is 17.6 Å². The van der Waals surface area contributed by atoms with E-state index in [0.717, 1.165) is 18.4 Å². The number of amides is 2. The van der Waals surface area contributed by atoms with E-state index in [1.165, 1.54) is 12.1 Å². The van der Waals surface area contributed by atoms with E-state index >= 15 is 0 Å². The van der Waals surface area contributed by atoms with Crippen molar-refractivity contribution >= 4 is 12.0 Å². The minimum Gasteiger partial charge on any atom is -0.508 e. The van der Waals surface area contributed by atoms with Crippen LogP contribution in [-0.4, -0.2) is 34.8 Å². The van der Waals surface area contributed by atoms with Crippen molar-refractivity contribution in [1.29, 1.82) is 0 Å². The van der Waals surface area contributed by atoms with Crippen LogP contribution in [0.4, 0.5) is 4.79 Å². The molecule has 0 aromatic heterocycles. The molecule has 1 fully saturated rings. The molecule has 1 aromatic carbocycles. The third kappa shape index (κ3) is 4.66. The lowest BCUT2D eigenvalue weighted by atomic mass is 10.1. The molecule has 1 aromatic rings. The maximum atomic E-state index is 11.8. The number of phenolic OH excluding ortho intramolecular Hbond substituents is 1. The molecule has 0 radical (unpaired) electrons. The first-order chi connectivity index (χ1) is 9.88. The summed E-state index contributed by atoms with van der Waals surface area (Å²) in [6.07, 6.45) is 2.34. The smallest absolute Gasteiger partial charge is 0.326 e. The number of carboxylic acids is 1. The van der Waals surface area contributed by atoms with Gasteiger partial charge < -0.3 is 20.8 Å². The SMILES string of the molecule is CC1(CNC(=O)N[C@H](Cc2ccc(O)cc2)C(=O)O)CC1. The van der Waals surface area contributed by atoms with Gasteiger partial charge in [-0.2, -0.15) is 0 Å². The number of nitrogens with one attached hydrogen (secondary N) is 2. The van der Waals surface area contributed by atoms with Gasteiger partial charge >= 0.3 is 12.0 Å². The molecule has 0 spiro atoms. The number of hydrogen-bond donors (Lipinski definition) is 4. The van der Waals surface area contributed by atoms with E-state index in [-0.39, 0.29) is 17.6 Å². The Labute approximate surface area is 123 Å². The molecule has 2 amide bonds. The van der Waals surface area contributed by atoms with Crippen molar-refractivity contribution in [2.75, 3.05) is 6.54 Å². The lowest BCUT2D eigenvalue weighted by Gasteiger charge is -2.16. The summed E-state index contributed by atoms with van der Waals surface area (Å²) in [7, 11) is 0. The third-order valence-electron chi connectivity index (χ3n) is 3.76. The van der Waals surface area contributed by atoms with Crippen LogP contribution in [-0.2, 0) is 11.2 Å². The van der Waals surface area contributed by atoms with Crippen molar-refractivity contribution in [3.63, 3.8) is 0 Å². The molecule has 1 atom stereocenters. The normalized spacial score (nSPS) is 16.8. The van der Waals surface area contributed by atoms with Crippen molar-refractivity contribution in [1.82, 2.24) is 10.6 Å². The predicted octanol–water partition coefficient (Wildman–Crippen LogP) is 1.49. The highest BCUT2D eigenvalue weighted by Gasteiger charge is 2.37. The second kappa shape index (κ2) is 6.03. The fourth-order valence-corrected chi connectivity index (χ4v) is 1.96. The number of carboxylic acid groups (broad SMARTS) is 1. The second-order valence-corrected chi connectivity index (χ2v) is 5.90. The number of hydrogen-bond acceptors (Lipinski definition) is 3. The number of carbonyl (C=O) groups is 2. The lowest BCUT2D eigenvalue weighted by molar-refractivity contribution is -0.139. The third-order valence-corrected chi connectivity index (χ3v) is 3.76. The highest BCUT2D eigenvalue weighted by molar-refractivity contribution is 5.82. The summed E-state index contributed by atoms with van der Waals surface area (Å²) in [6, 6.07) is 4.78. The molecule has 6 nitrogen and oxygen atoms in total. The van der Waals surface area contributed by atoms with Crippen molar-refractivity contribution in [3.8, 4) is 5.75 Å². The molecule has 1 aliphatic carbocycles. The molecule has 6 heteroatoms. The van der Waals surface area contributed by atoms with Crippen LogP contribution in [0.2, 0.25) is 0 Å². The minimum absolute atomic E-state index is 0.119. The molecule has 2 rings (SSSR count). The Morgan fingerprint density at radius 1 is 1.29 bits per heavy atom. The van der Waals surface area contributed by atoms with Crippen LogP contribution in [0, 0.1) is 5.41 Å². The number of carbonyl (C=O) groups excluding carboxylic acids is 1. The van der Waals surface area contributed by atoms with Gasteiger partial charge in [0.05, 0.1) is 0 Å². The minimum atomic E-state index is -1.09. The standard InChI is InChI=1S/C15H20N2O4/c1-15(6-7-15)9-16-14(21)17-12(13(19)20)8-10-2-4-11(18)5-3-10/h2-5,12,18H,6-9H2,1H3,(H,19,20)(H2,16,17,21)/t12-/m1/s1. The van der Waals surface area contributed by atoms with Crippen molar-refractivity contribution < 1.29 is 19.8 Å². The zero-order valence-corrected chi connectivity index (χ0v) is 11.9. The average molecular weight is 292 g/mol. The summed E-state index contributed by atoms with van der Waals surface area (Å²) >= 11 is 0. The number of phenols is 1. The van der Waals surface area contributed by atoms with Gasteiger partial charge in [-0.05, 0) is 36.0 Å². The maximum Gasteiger partial charge on any atom is 0.326 e. The highest BCUT2D eigenvalue weighted by atomic mass is 16.4. The Balaban J connectivity index is 1.87. The van der Waals surface area contributed by atoms with Gasteiger partial charge in [0.25, 0.3) is 0 Å². The van der Waals surface area contributed by atoms with Gasteiger partial charge in [-0.15, -0.1) is 0 Å². The molecule has 0 unspecified atom stereocenters. The fraction of sp³-hybridized carbons (Fsp3) is 0.467. The van der Waals surface area contributed by atoms with Crippen molar-refractivity contribution in [2.45, 2.75) is 32.2 Å². The van der Waals surface area contributed by atoms with Gasteiger partial charge in [-0.25, -0.2) is 9.59 Å². The van der Waals surface area contributed by atoms with Crippen LogP contribution in [0.25, 0.3) is 0 Å². The van der Waals surface area contributed by atoms with E-state index in [1.807, 2.05) is 0 Å². The van der Waals surface area contributed by atoms with Crippen molar-refractivity contribution in [3.05, 3.63) is 29.8 Å². The van der Waals surface area contributed by atoms with E-state index in [1.54, 1.807) is 12.1 Å². The molecule has 0 aliphatic heterocycles. The first kappa shape index (κ1) is 15.2. The molecule has 114 valence electrons. The van der Waals surface area contributed by atoms with Crippen LogP contribution in [0.1, 0.15) is 25.3 Å². The summed E-state index contributed by atoms with van der Waals surface area (Å²) in [6.45, 7) is 2.64. The largest absolute Gasteiger partial charge is 0.508 e. The van der Waals surface area contributed by atoms with E-state index in [4.69, 9.17) is 0 Å². The molecular formula is C15H20N2O4. The predicted molar refractivity (Wildman–Crippen MR) is 77.1 cm³/mol. The first-order valence-corrected chi connectivity index (χ1v) is 6.93. The zero-order valence-electron chi connectivity index (χ0n) is 11.9. The summed E-state index contributed by atoms with van der Waals surface area (Å²) in [5.74, 6) is -0.968. The highest BCUT2D eigenvalue weighted by Crippen LogP contribution is 2.43. The first-order valence-electron chi connectivity index (χ1n) is 6.93. The molecule has 0 bridgehead atoms. The van der Waals surface area contributed by atoms with Crippen molar-refractivity contribution in [2.24, 2.45) is 5.41 Å². The molecule has 0 heterocycles. The Kier molecular flexibility index (Phi) is 4.35. The molecule has 21 heavy (non-hydrogen) atoms. The molecule has 4 N–H and O–H groups in total. The lowest BCUT2D eigenvalue weighted by Crippen LogP contribution is -2.48. The second-order valence-electron chi connectivity index (χ2n) is 5.90. The van der Waals surface area contributed by atoms with Gasteiger partial charge in [0.2, 0.25) is 0 Å². The van der Waals surface area contributed by atoms with Gasteiger partial charge in [0.1, 0.15) is 11.8 Å². The fourth-order valence-electron chi connectivity index (χ4n) is 1.96. The molecule has 1 saturated carbocycles. The van der Waals surface area contributed by atoms with Gasteiger partial charge in [0, 0.05) is 13.0 Å². The van der Waals surface area contributed by atoms with Gasteiger partial charge in [0.15, 0.2) is 0 Å². The monoisotopic (exact) mass is 292 g/mol. The zero-order chi connectivity index (χ0) is 15.5. The summed E-state index contributed by atoms with van der Waals surface area (Å²) in [4.78, 5) is 23.0. The molecule has 1 aliphatic rings. The van der Waals surface area contributed by atoms with Crippen LogP contribution in [0.5, 0.6) is 5.75 Å². The Bertz CT molecular complexity index is 523. The molecular weight excluding hydrogens is 272 g/mol. The van der Waals surface area contributed by atoms with E-state index < -0.39 is 18.0 Å². The number of benzene rings is 1. The van der Waals surface area contributed by atoms with Crippen LogP contribution >= 0.6 is 0 Å².